The molecule has 1 fully saturated rings. The number of hydrogen-bond donors (Lipinski definition) is 1. The first-order chi connectivity index (χ1) is 16.3. The fraction of sp³-hybridized carbons (Fsp3) is 0.269. The van der Waals surface area contributed by atoms with Crippen molar-refractivity contribution in [3.05, 3.63) is 87.6 Å². The van der Waals surface area contributed by atoms with Crippen molar-refractivity contribution in [2.45, 2.75) is 31.6 Å². The summed E-state index contributed by atoms with van der Waals surface area (Å²) in [7, 11) is 1.40. The lowest BCUT2D eigenvalue weighted by molar-refractivity contribution is -0.614. The van der Waals surface area contributed by atoms with Gasteiger partial charge in [0.2, 0.25) is 5.69 Å². The summed E-state index contributed by atoms with van der Waals surface area (Å²) < 4.78 is 20.6. The minimum atomic E-state index is -1.04. The third-order valence-electron chi connectivity index (χ3n) is 6.10. The number of ether oxygens (including phenoxy) is 1. The van der Waals surface area contributed by atoms with Gasteiger partial charge in [0.25, 0.3) is 0 Å². The van der Waals surface area contributed by atoms with Gasteiger partial charge in [-0.2, -0.15) is 4.73 Å². The van der Waals surface area contributed by atoms with Crippen molar-refractivity contribution >= 4 is 23.4 Å². The first-order valence-electron chi connectivity index (χ1n) is 10.9. The molecular formula is C26H23ClFNO5. The number of halogens is 2. The molecule has 2 aromatic carbocycles. The van der Waals surface area contributed by atoms with Crippen molar-refractivity contribution in [2.75, 3.05) is 7.11 Å². The Hall–Kier alpha value is -3.45. The van der Waals surface area contributed by atoms with Gasteiger partial charge in [-0.15, -0.1) is 0 Å². The molecule has 6 nitrogen and oxygen atoms in total. The number of hydrogen-bond acceptors (Lipinski definition) is 4. The van der Waals surface area contributed by atoms with Crippen LogP contribution in [0.25, 0.3) is 11.1 Å². The predicted octanol–water partition coefficient (Wildman–Crippen LogP) is 5.18. The van der Waals surface area contributed by atoms with Crippen molar-refractivity contribution < 1.29 is 28.6 Å². The monoisotopic (exact) mass is 483 g/mol. The van der Waals surface area contributed by atoms with E-state index in [-0.39, 0.29) is 39.7 Å². The molecule has 1 atom stereocenters. The van der Waals surface area contributed by atoms with E-state index in [1.807, 2.05) is 0 Å². The zero-order chi connectivity index (χ0) is 24.4. The van der Waals surface area contributed by atoms with E-state index in [1.54, 1.807) is 24.3 Å². The van der Waals surface area contributed by atoms with E-state index in [1.165, 1.54) is 37.6 Å². The average molecular weight is 484 g/mol. The quantitative estimate of drug-likeness (QED) is 0.334. The first-order valence-corrected chi connectivity index (χ1v) is 11.3. The lowest BCUT2D eigenvalue weighted by Crippen LogP contribution is -2.36. The summed E-state index contributed by atoms with van der Waals surface area (Å²) in [6.07, 6.45) is 3.90. The van der Waals surface area contributed by atoms with E-state index in [0.717, 1.165) is 12.8 Å². The molecule has 0 amide bonds. The molecule has 176 valence electrons. The van der Waals surface area contributed by atoms with E-state index in [0.29, 0.717) is 28.3 Å². The molecule has 1 heterocycles. The third-order valence-corrected chi connectivity index (χ3v) is 6.39. The van der Waals surface area contributed by atoms with Crippen LogP contribution in [0.4, 0.5) is 4.39 Å². The number of Topliss-reactive ketones (excluding diaryl/α,β-unsaturated/α-hetero) is 1. The second-order valence-corrected chi connectivity index (χ2v) is 8.89. The highest BCUT2D eigenvalue weighted by Gasteiger charge is 2.34. The van der Waals surface area contributed by atoms with Gasteiger partial charge in [0.15, 0.2) is 17.8 Å². The Morgan fingerprint density at radius 1 is 1.18 bits per heavy atom. The maximum atomic E-state index is 14.7. The van der Waals surface area contributed by atoms with Gasteiger partial charge in [-0.1, -0.05) is 36.6 Å². The molecule has 1 aromatic heterocycles. The second kappa shape index (κ2) is 9.81. The SMILES string of the molecule is COc1ccc(Cl)c(F)c1-c1ccc(C(CC2CC2)C(=O)Cc2ccc(C(=O)O)cc2)[n+]([O-])c1. The van der Waals surface area contributed by atoms with Crippen molar-refractivity contribution in [1.82, 2.24) is 0 Å². The van der Waals surface area contributed by atoms with Crippen LogP contribution < -0.4 is 9.47 Å². The minimum absolute atomic E-state index is 0.0785. The molecule has 0 bridgehead atoms. The molecule has 0 spiro atoms. The summed E-state index contributed by atoms with van der Waals surface area (Å²) in [5, 5.41) is 22.0. The van der Waals surface area contributed by atoms with E-state index in [2.05, 4.69) is 0 Å². The van der Waals surface area contributed by atoms with Crippen molar-refractivity contribution in [3.63, 3.8) is 0 Å². The lowest BCUT2D eigenvalue weighted by Gasteiger charge is -2.17. The molecule has 0 radical (unpaired) electrons. The standard InChI is InChI=1S/C26H23ClFNO5/c1-34-23-11-9-20(27)25(28)24(23)18-8-10-21(29(33)14-18)19(12-15-2-3-15)22(30)13-16-4-6-17(7-5-16)26(31)32/h4-11,14-15,19H,2-3,12-13H2,1H3,(H,31,32). The molecule has 34 heavy (non-hydrogen) atoms. The number of benzene rings is 2. The Morgan fingerprint density at radius 3 is 2.47 bits per heavy atom. The van der Waals surface area contributed by atoms with Crippen LogP contribution in [0.3, 0.4) is 0 Å². The maximum absolute atomic E-state index is 14.7. The van der Waals surface area contributed by atoms with Crippen molar-refractivity contribution in [2.24, 2.45) is 5.92 Å². The van der Waals surface area contributed by atoms with Crippen molar-refractivity contribution in [3.8, 4) is 16.9 Å². The Balaban J connectivity index is 1.64. The molecule has 3 aromatic rings. The van der Waals surface area contributed by atoms with Crippen LogP contribution in [0, 0.1) is 16.9 Å². The van der Waals surface area contributed by atoms with Gasteiger partial charge < -0.3 is 15.1 Å². The zero-order valence-electron chi connectivity index (χ0n) is 18.5. The van der Waals surface area contributed by atoms with E-state index in [4.69, 9.17) is 21.4 Å². The van der Waals surface area contributed by atoms with Crippen LogP contribution >= 0.6 is 11.6 Å². The van der Waals surface area contributed by atoms with E-state index >= 15 is 0 Å². The Kier molecular flexibility index (Phi) is 6.84. The number of carbonyl (C=O) groups excluding carboxylic acids is 1. The van der Waals surface area contributed by atoms with Gasteiger partial charge >= 0.3 is 5.97 Å². The van der Waals surface area contributed by atoms with Crippen LogP contribution in [-0.2, 0) is 11.2 Å². The highest BCUT2D eigenvalue weighted by molar-refractivity contribution is 6.31. The van der Waals surface area contributed by atoms with Gasteiger partial charge in [-0.25, -0.2) is 9.18 Å². The van der Waals surface area contributed by atoms with E-state index < -0.39 is 17.7 Å². The number of carboxylic acids is 1. The van der Waals surface area contributed by atoms with Crippen LogP contribution in [0.5, 0.6) is 5.75 Å². The number of aromatic carboxylic acids is 1. The van der Waals surface area contributed by atoms with Crippen LogP contribution in [0.15, 0.2) is 54.7 Å². The van der Waals surface area contributed by atoms with Crippen LogP contribution in [0.1, 0.15) is 46.8 Å². The number of pyridine rings is 1. The highest BCUT2D eigenvalue weighted by atomic mass is 35.5. The molecule has 8 heteroatoms. The van der Waals surface area contributed by atoms with Gasteiger partial charge in [0.1, 0.15) is 11.7 Å². The maximum Gasteiger partial charge on any atom is 0.335 e. The number of carbonyl (C=O) groups is 2. The average Bonchev–Trinajstić information content (AvgIpc) is 3.64. The van der Waals surface area contributed by atoms with Gasteiger partial charge in [0, 0.05) is 12.5 Å². The molecule has 4 rings (SSSR count). The summed E-state index contributed by atoms with van der Waals surface area (Å²) in [5.41, 5.74) is 1.48. The molecule has 1 N–H and O–H groups in total. The van der Waals surface area contributed by atoms with Crippen LogP contribution in [-0.4, -0.2) is 24.0 Å². The molecule has 1 aliphatic carbocycles. The van der Waals surface area contributed by atoms with Gasteiger partial charge in [-0.3, -0.25) is 4.79 Å². The Labute approximate surface area is 201 Å². The molecule has 1 saturated carbocycles. The number of methoxy groups -OCH3 is 1. The zero-order valence-corrected chi connectivity index (χ0v) is 19.2. The van der Waals surface area contributed by atoms with Gasteiger partial charge in [0.05, 0.1) is 28.8 Å². The van der Waals surface area contributed by atoms with Gasteiger partial charge in [-0.05, 0) is 48.2 Å². The van der Waals surface area contributed by atoms with Crippen molar-refractivity contribution in [1.29, 1.82) is 0 Å². The number of nitrogens with zero attached hydrogens (tertiary/aromatic N) is 1. The summed E-state index contributed by atoms with van der Waals surface area (Å²) in [5.74, 6) is -1.85. The molecule has 0 aliphatic heterocycles. The Bertz CT molecular complexity index is 1240. The summed E-state index contributed by atoms with van der Waals surface area (Å²) >= 11 is 5.93. The third kappa shape index (κ3) is 5.04. The second-order valence-electron chi connectivity index (χ2n) is 8.48. The molecule has 0 saturated heterocycles. The van der Waals surface area contributed by atoms with E-state index in [9.17, 15) is 19.2 Å². The molecule has 1 unspecified atom stereocenters. The number of ketones is 1. The smallest absolute Gasteiger partial charge is 0.335 e. The predicted molar refractivity (Wildman–Crippen MR) is 125 cm³/mol. The lowest BCUT2D eigenvalue weighted by atomic mass is 9.89. The highest BCUT2D eigenvalue weighted by Crippen LogP contribution is 2.40. The summed E-state index contributed by atoms with van der Waals surface area (Å²) in [4.78, 5) is 24.3. The molecular weight excluding hydrogens is 461 g/mol. The number of carboxylic acid groups (broad SMARTS) is 1. The number of aromatic nitrogens is 1. The molecule has 1 aliphatic rings. The Morgan fingerprint density at radius 2 is 1.88 bits per heavy atom. The largest absolute Gasteiger partial charge is 0.618 e. The summed E-state index contributed by atoms with van der Waals surface area (Å²) in [6.45, 7) is 0. The summed E-state index contributed by atoms with van der Waals surface area (Å²) in [6, 6.07) is 12.2. The normalized spacial score (nSPS) is 14.0. The topological polar surface area (TPSA) is 90.5 Å². The first kappa shape index (κ1) is 23.7. The van der Waals surface area contributed by atoms with Crippen LogP contribution in [0.2, 0.25) is 5.02 Å². The fourth-order valence-corrected chi connectivity index (χ4v) is 4.23. The minimum Gasteiger partial charge on any atom is -0.618 e. The number of rotatable bonds is 9. The fourth-order valence-electron chi connectivity index (χ4n) is 4.08.